The summed E-state index contributed by atoms with van der Waals surface area (Å²) >= 11 is 0. The number of allylic oxidation sites excluding steroid dienone is 2. The number of carboxylic acids is 1. The van der Waals surface area contributed by atoms with Crippen LogP contribution in [0.25, 0.3) is 0 Å². The zero-order valence-electron chi connectivity index (χ0n) is 38.3. The van der Waals surface area contributed by atoms with Crippen LogP contribution in [0, 0.1) is 50.2 Å². The summed E-state index contributed by atoms with van der Waals surface area (Å²) in [6.45, 7) is 16.9. The summed E-state index contributed by atoms with van der Waals surface area (Å²) in [5.41, 5.74) is 0.227. The Hall–Kier alpha value is -1.35. The summed E-state index contributed by atoms with van der Waals surface area (Å²) in [6.07, 6.45) is -9.91. The highest BCUT2D eigenvalue weighted by Gasteiger charge is 2.70. The first-order valence-corrected chi connectivity index (χ1v) is 23.6. The van der Waals surface area contributed by atoms with E-state index in [4.69, 9.17) is 28.4 Å². The van der Waals surface area contributed by atoms with Crippen LogP contribution >= 0.6 is 0 Å². The molecule has 3 aliphatic heterocycles. The van der Waals surface area contributed by atoms with Crippen LogP contribution in [0.5, 0.6) is 0 Å². The molecule has 5 aliphatic carbocycles. The summed E-state index contributed by atoms with van der Waals surface area (Å²) in [5.74, 6) is 0.0314. The Morgan fingerprint density at radius 2 is 1.44 bits per heavy atom. The minimum atomic E-state index is -1.73. The molecule has 0 radical (unpaired) electrons. The molecule has 4 saturated carbocycles. The Labute approximate surface area is 371 Å². The van der Waals surface area contributed by atoms with Gasteiger partial charge in [-0.1, -0.05) is 60.1 Å². The standard InChI is InChI=1S/C47H76O16/c1-22-30(51)36(62-40-37(33(54)35(61-40)25(49)20-48)63-38-32(53)31(52)26(50)21-58-38)34(55)39(59-22)60-29-12-13-44(6)27(43(29,4)5)11-14-46(8)28(44)10-9-23-24-19-42(2,3)15-17-47(24,41(56)57)18-16-45(23,46)7/h9,22,24-40,48-55H,10-21H2,1-8H3,(H,56,57)/t22-,24+,25?,26-,27?,28?,29+,30-,31-,32-,33-,34-,35-,36-,37-,38+,39+,40-,44+,45?,46-,47?/m1/s1. The lowest BCUT2D eigenvalue weighted by Gasteiger charge is -2.71. The number of aliphatic hydroxyl groups is 8. The lowest BCUT2D eigenvalue weighted by molar-refractivity contribution is -0.352. The first-order valence-electron chi connectivity index (χ1n) is 23.6. The Bertz CT molecular complexity index is 1720. The molecule has 3 saturated heterocycles. The Morgan fingerprint density at radius 3 is 2.13 bits per heavy atom. The van der Waals surface area contributed by atoms with Crippen molar-refractivity contribution in [3.05, 3.63) is 11.6 Å². The molecule has 16 heteroatoms. The van der Waals surface area contributed by atoms with Gasteiger partial charge in [-0.15, -0.1) is 0 Å². The van der Waals surface area contributed by atoms with Crippen molar-refractivity contribution in [2.24, 2.45) is 50.2 Å². The number of hydrogen-bond donors (Lipinski definition) is 9. The normalized spacial score (nSPS) is 53.3. The van der Waals surface area contributed by atoms with Crippen LogP contribution in [0.4, 0.5) is 0 Å². The molecule has 9 N–H and O–H groups in total. The van der Waals surface area contributed by atoms with Gasteiger partial charge in [0, 0.05) is 0 Å². The van der Waals surface area contributed by atoms with Crippen molar-refractivity contribution in [2.75, 3.05) is 13.2 Å². The molecule has 0 aromatic carbocycles. The van der Waals surface area contributed by atoms with Crippen LogP contribution in [0.15, 0.2) is 11.6 Å². The van der Waals surface area contributed by atoms with Gasteiger partial charge in [-0.05, 0) is 116 Å². The van der Waals surface area contributed by atoms with Gasteiger partial charge < -0.3 is 74.4 Å². The number of rotatable bonds is 9. The molecule has 3 heterocycles. The quantitative estimate of drug-likeness (QED) is 0.119. The molecule has 0 amide bonds. The Balaban J connectivity index is 0.999. The molecule has 16 nitrogen and oxygen atoms in total. The summed E-state index contributed by atoms with van der Waals surface area (Å²) in [6, 6.07) is 0. The largest absolute Gasteiger partial charge is 0.481 e. The molecule has 7 fully saturated rings. The van der Waals surface area contributed by atoms with Gasteiger partial charge in [0.15, 0.2) is 18.9 Å². The van der Waals surface area contributed by atoms with Crippen LogP contribution in [0.3, 0.4) is 0 Å². The van der Waals surface area contributed by atoms with Crippen LogP contribution in [0.2, 0.25) is 0 Å². The number of ether oxygens (including phenoxy) is 6. The van der Waals surface area contributed by atoms with Gasteiger partial charge in [0.25, 0.3) is 0 Å². The van der Waals surface area contributed by atoms with Gasteiger partial charge in [0.05, 0.1) is 30.8 Å². The number of carboxylic acid groups (broad SMARTS) is 1. The Kier molecular flexibility index (Phi) is 12.8. The molecule has 5 unspecified atom stereocenters. The molecule has 0 aromatic rings. The van der Waals surface area contributed by atoms with Crippen molar-refractivity contribution in [3.63, 3.8) is 0 Å². The molecule has 0 spiro atoms. The SMILES string of the molecule is C[C@H]1O[C@@H](O[C@H]2CC[C@@]3(C)C(CC[C@]4(C)C3CC=C3[C@@H]5CC(C)(C)CCC5(C(=O)O)CCC34C)C2(C)C)[C@H](O)[C@H](O[C@H]2O[C@H](C(O)CO)[C@@H](O)[C@H]2O[C@@H]2OC[C@@H](O)[C@@H](O)[C@H]2O)[C@@H]1O. The highest BCUT2D eigenvalue weighted by molar-refractivity contribution is 5.76. The van der Waals surface area contributed by atoms with Crippen LogP contribution in [-0.4, -0.2) is 157 Å². The van der Waals surface area contributed by atoms with E-state index >= 15 is 0 Å². The van der Waals surface area contributed by atoms with Gasteiger partial charge in [-0.2, -0.15) is 0 Å². The van der Waals surface area contributed by atoms with Crippen LogP contribution in [0.1, 0.15) is 120 Å². The number of aliphatic hydroxyl groups excluding tert-OH is 8. The third kappa shape index (κ3) is 7.51. The zero-order valence-corrected chi connectivity index (χ0v) is 38.3. The first kappa shape index (κ1) is 48.1. The number of carbonyl (C=O) groups is 1. The molecule has 8 rings (SSSR count). The van der Waals surface area contributed by atoms with E-state index in [0.29, 0.717) is 18.8 Å². The van der Waals surface area contributed by atoms with E-state index in [1.54, 1.807) is 6.92 Å². The molecular formula is C47H76O16. The average molecular weight is 897 g/mol. The highest BCUT2D eigenvalue weighted by Crippen LogP contribution is 2.76. The fraction of sp³-hybridized carbons (Fsp3) is 0.936. The van der Waals surface area contributed by atoms with Crippen molar-refractivity contribution in [2.45, 2.75) is 212 Å². The molecule has 0 aromatic heterocycles. The third-order valence-electron chi connectivity index (χ3n) is 18.9. The van der Waals surface area contributed by atoms with E-state index in [1.807, 2.05) is 0 Å². The predicted octanol–water partition coefficient (Wildman–Crippen LogP) is 2.37. The van der Waals surface area contributed by atoms with Gasteiger partial charge in [0.1, 0.15) is 61.0 Å². The number of aliphatic carboxylic acids is 1. The van der Waals surface area contributed by atoms with E-state index in [-0.39, 0.29) is 45.0 Å². The average Bonchev–Trinajstić information content (AvgIpc) is 3.52. The lowest BCUT2D eigenvalue weighted by Crippen LogP contribution is -2.66. The van der Waals surface area contributed by atoms with Gasteiger partial charge in [0.2, 0.25) is 0 Å². The maximum atomic E-state index is 13.1. The van der Waals surface area contributed by atoms with Crippen LogP contribution in [-0.2, 0) is 33.2 Å². The fourth-order valence-corrected chi connectivity index (χ4v) is 14.8. The van der Waals surface area contributed by atoms with Gasteiger partial charge in [-0.3, -0.25) is 4.79 Å². The van der Waals surface area contributed by atoms with E-state index in [0.717, 1.165) is 51.4 Å². The number of fused-ring (bicyclic) bond motifs is 7. The second-order valence-electron chi connectivity index (χ2n) is 23.0. The summed E-state index contributed by atoms with van der Waals surface area (Å²) in [7, 11) is 0. The van der Waals surface area contributed by atoms with Crippen molar-refractivity contribution in [1.29, 1.82) is 0 Å². The summed E-state index contributed by atoms with van der Waals surface area (Å²) in [4.78, 5) is 13.1. The van der Waals surface area contributed by atoms with E-state index in [9.17, 15) is 50.8 Å². The molecule has 63 heavy (non-hydrogen) atoms. The molecule has 0 bridgehead atoms. The molecule has 360 valence electrons. The van der Waals surface area contributed by atoms with Crippen LogP contribution < -0.4 is 0 Å². The van der Waals surface area contributed by atoms with Crippen molar-refractivity contribution < 1.29 is 79.2 Å². The zero-order chi connectivity index (χ0) is 46.0. The van der Waals surface area contributed by atoms with E-state index in [2.05, 4.69) is 54.5 Å². The van der Waals surface area contributed by atoms with Crippen molar-refractivity contribution in [3.8, 4) is 0 Å². The maximum Gasteiger partial charge on any atom is 0.310 e. The highest BCUT2D eigenvalue weighted by atomic mass is 16.8. The number of hydrogen-bond acceptors (Lipinski definition) is 15. The monoisotopic (exact) mass is 897 g/mol. The minimum Gasteiger partial charge on any atom is -0.481 e. The maximum absolute atomic E-state index is 13.1. The van der Waals surface area contributed by atoms with E-state index < -0.39 is 111 Å². The van der Waals surface area contributed by atoms with Gasteiger partial charge >= 0.3 is 5.97 Å². The second-order valence-corrected chi connectivity index (χ2v) is 23.0. The summed E-state index contributed by atoms with van der Waals surface area (Å²) in [5, 5.41) is 96.2. The van der Waals surface area contributed by atoms with Crippen molar-refractivity contribution in [1.82, 2.24) is 0 Å². The predicted molar refractivity (Wildman–Crippen MR) is 223 cm³/mol. The lowest BCUT2D eigenvalue weighted by atomic mass is 9.33. The third-order valence-corrected chi connectivity index (χ3v) is 18.9. The summed E-state index contributed by atoms with van der Waals surface area (Å²) < 4.78 is 36.2. The second kappa shape index (κ2) is 16.7. The van der Waals surface area contributed by atoms with Gasteiger partial charge in [-0.25, -0.2) is 0 Å². The molecular weight excluding hydrogens is 821 g/mol. The molecule has 8 aliphatic rings. The Morgan fingerprint density at radius 1 is 0.762 bits per heavy atom. The molecule has 22 atom stereocenters. The van der Waals surface area contributed by atoms with Crippen molar-refractivity contribution >= 4 is 5.97 Å². The fourth-order valence-electron chi connectivity index (χ4n) is 14.8. The minimum absolute atomic E-state index is 0.0247. The smallest absolute Gasteiger partial charge is 0.310 e. The van der Waals surface area contributed by atoms with E-state index in [1.165, 1.54) is 5.57 Å². The first-order chi connectivity index (χ1) is 29.4. The topological polar surface area (TPSA) is 255 Å².